The summed E-state index contributed by atoms with van der Waals surface area (Å²) in [6, 6.07) is 3.57. The van der Waals surface area contributed by atoms with E-state index in [1.54, 1.807) is 18.3 Å². The van der Waals surface area contributed by atoms with Crippen molar-refractivity contribution in [2.75, 3.05) is 5.43 Å². The number of hydrazine groups is 1. The highest BCUT2D eigenvalue weighted by atomic mass is 16.1. The van der Waals surface area contributed by atoms with Gasteiger partial charge in [-0.05, 0) is 24.5 Å². The molecule has 1 unspecified atom stereocenters. The molecule has 0 aromatic carbocycles. The predicted molar refractivity (Wildman–Crippen MR) is 68.4 cm³/mol. The van der Waals surface area contributed by atoms with Crippen LogP contribution in [0.15, 0.2) is 18.3 Å². The largest absolute Gasteiger partial charge is 0.349 e. The second-order valence-corrected chi connectivity index (χ2v) is 4.28. The van der Waals surface area contributed by atoms with Crippen LogP contribution >= 0.6 is 0 Å². The first kappa shape index (κ1) is 13.4. The van der Waals surface area contributed by atoms with Crippen molar-refractivity contribution in [1.29, 1.82) is 0 Å². The van der Waals surface area contributed by atoms with Gasteiger partial charge in [-0.1, -0.05) is 20.8 Å². The Bertz CT molecular complexity index is 379. The lowest BCUT2D eigenvalue weighted by Gasteiger charge is -2.21. The van der Waals surface area contributed by atoms with Crippen LogP contribution in [0.4, 0.5) is 5.82 Å². The van der Waals surface area contributed by atoms with Crippen LogP contribution in [-0.4, -0.2) is 16.9 Å². The SMILES string of the molecule is CCC(NC(=O)c1cccnc1NN)C(C)C. The molecular weight excluding hydrogens is 216 g/mol. The summed E-state index contributed by atoms with van der Waals surface area (Å²) in [6.07, 6.45) is 2.49. The maximum absolute atomic E-state index is 12.1. The minimum atomic E-state index is -0.147. The van der Waals surface area contributed by atoms with Crippen LogP contribution in [0.5, 0.6) is 0 Å². The molecule has 1 aromatic rings. The van der Waals surface area contributed by atoms with Crippen molar-refractivity contribution in [3.63, 3.8) is 0 Å². The Balaban J connectivity index is 2.82. The van der Waals surface area contributed by atoms with Gasteiger partial charge < -0.3 is 10.7 Å². The number of carbonyl (C=O) groups excluding carboxylic acids is 1. The molecule has 1 heterocycles. The van der Waals surface area contributed by atoms with Crippen LogP contribution in [0.25, 0.3) is 0 Å². The van der Waals surface area contributed by atoms with Crippen LogP contribution in [-0.2, 0) is 0 Å². The second-order valence-electron chi connectivity index (χ2n) is 4.28. The van der Waals surface area contributed by atoms with Gasteiger partial charge in [0.15, 0.2) is 5.82 Å². The number of anilines is 1. The van der Waals surface area contributed by atoms with E-state index in [1.807, 2.05) is 0 Å². The number of carbonyl (C=O) groups is 1. The van der Waals surface area contributed by atoms with Gasteiger partial charge in [-0.2, -0.15) is 0 Å². The van der Waals surface area contributed by atoms with Gasteiger partial charge in [0.25, 0.3) is 5.91 Å². The van der Waals surface area contributed by atoms with E-state index in [0.29, 0.717) is 17.3 Å². The molecule has 0 aliphatic rings. The van der Waals surface area contributed by atoms with Gasteiger partial charge in [0, 0.05) is 12.2 Å². The predicted octanol–water partition coefficient (Wildman–Crippen LogP) is 1.53. The molecule has 1 amide bonds. The highest BCUT2D eigenvalue weighted by molar-refractivity contribution is 5.98. The second kappa shape index (κ2) is 6.20. The average molecular weight is 236 g/mol. The van der Waals surface area contributed by atoms with Crippen LogP contribution < -0.4 is 16.6 Å². The van der Waals surface area contributed by atoms with Crippen LogP contribution in [0, 0.1) is 5.92 Å². The summed E-state index contributed by atoms with van der Waals surface area (Å²) in [5.74, 6) is 5.96. The van der Waals surface area contributed by atoms with Gasteiger partial charge in [-0.25, -0.2) is 10.8 Å². The van der Waals surface area contributed by atoms with Gasteiger partial charge >= 0.3 is 0 Å². The monoisotopic (exact) mass is 236 g/mol. The molecule has 0 fully saturated rings. The third kappa shape index (κ3) is 3.42. The lowest BCUT2D eigenvalue weighted by Crippen LogP contribution is -2.38. The molecule has 0 aliphatic carbocycles. The minimum Gasteiger partial charge on any atom is -0.349 e. The first-order valence-corrected chi connectivity index (χ1v) is 5.82. The highest BCUT2D eigenvalue weighted by Gasteiger charge is 2.17. The summed E-state index contributed by atoms with van der Waals surface area (Å²) in [4.78, 5) is 16.1. The molecule has 0 saturated heterocycles. The van der Waals surface area contributed by atoms with Crippen molar-refractivity contribution < 1.29 is 4.79 Å². The molecule has 94 valence electrons. The zero-order valence-electron chi connectivity index (χ0n) is 10.5. The van der Waals surface area contributed by atoms with Gasteiger partial charge in [-0.15, -0.1) is 0 Å². The van der Waals surface area contributed by atoms with E-state index in [9.17, 15) is 4.79 Å². The Morgan fingerprint density at radius 1 is 1.53 bits per heavy atom. The Morgan fingerprint density at radius 2 is 2.24 bits per heavy atom. The van der Waals surface area contributed by atoms with Gasteiger partial charge in [-0.3, -0.25) is 4.79 Å². The summed E-state index contributed by atoms with van der Waals surface area (Å²) in [6.45, 7) is 6.22. The molecule has 5 heteroatoms. The summed E-state index contributed by atoms with van der Waals surface area (Å²) in [7, 11) is 0. The smallest absolute Gasteiger partial charge is 0.255 e. The Hall–Kier alpha value is -1.62. The fourth-order valence-corrected chi connectivity index (χ4v) is 1.69. The summed E-state index contributed by atoms with van der Waals surface area (Å²) in [5, 5.41) is 2.98. The quantitative estimate of drug-likeness (QED) is 0.535. The van der Waals surface area contributed by atoms with E-state index in [2.05, 4.69) is 36.5 Å². The number of pyridine rings is 1. The van der Waals surface area contributed by atoms with E-state index >= 15 is 0 Å². The molecule has 17 heavy (non-hydrogen) atoms. The normalized spacial score (nSPS) is 12.3. The zero-order chi connectivity index (χ0) is 12.8. The van der Waals surface area contributed by atoms with Gasteiger partial charge in [0.05, 0.1) is 5.56 Å². The molecule has 0 saturated carbocycles. The fraction of sp³-hybridized carbons (Fsp3) is 0.500. The van der Waals surface area contributed by atoms with Crippen molar-refractivity contribution >= 4 is 11.7 Å². The molecule has 0 radical (unpaired) electrons. The number of nitrogen functional groups attached to an aromatic ring is 1. The molecule has 1 aromatic heterocycles. The Labute approximate surface area is 102 Å². The maximum atomic E-state index is 12.1. The maximum Gasteiger partial charge on any atom is 0.255 e. The number of hydrogen-bond acceptors (Lipinski definition) is 4. The van der Waals surface area contributed by atoms with E-state index in [0.717, 1.165) is 6.42 Å². The average Bonchev–Trinajstić information content (AvgIpc) is 2.35. The molecular formula is C12H20N4O. The van der Waals surface area contributed by atoms with E-state index in [4.69, 9.17) is 5.84 Å². The first-order valence-electron chi connectivity index (χ1n) is 5.82. The summed E-state index contributed by atoms with van der Waals surface area (Å²) < 4.78 is 0. The van der Waals surface area contributed by atoms with Crippen molar-refractivity contribution in [2.45, 2.75) is 33.2 Å². The Kier molecular flexibility index (Phi) is 4.90. The molecule has 1 rings (SSSR count). The number of nitrogens with one attached hydrogen (secondary N) is 2. The first-order chi connectivity index (χ1) is 8.10. The molecule has 0 spiro atoms. The number of amides is 1. The van der Waals surface area contributed by atoms with Crippen LogP contribution in [0.2, 0.25) is 0 Å². The van der Waals surface area contributed by atoms with E-state index < -0.39 is 0 Å². The number of aromatic nitrogens is 1. The number of nitrogens with zero attached hydrogens (tertiary/aromatic N) is 1. The number of hydrogen-bond donors (Lipinski definition) is 3. The number of nitrogens with two attached hydrogens (primary N) is 1. The zero-order valence-corrected chi connectivity index (χ0v) is 10.5. The van der Waals surface area contributed by atoms with Crippen molar-refractivity contribution in [3.05, 3.63) is 23.9 Å². The van der Waals surface area contributed by atoms with Crippen molar-refractivity contribution in [3.8, 4) is 0 Å². The summed E-state index contributed by atoms with van der Waals surface area (Å²) >= 11 is 0. The molecule has 5 nitrogen and oxygen atoms in total. The van der Waals surface area contributed by atoms with Crippen molar-refractivity contribution in [2.24, 2.45) is 11.8 Å². The molecule has 0 aliphatic heterocycles. The third-order valence-corrected chi connectivity index (χ3v) is 2.75. The summed E-state index contributed by atoms with van der Waals surface area (Å²) in [5.41, 5.74) is 2.89. The lowest BCUT2D eigenvalue weighted by molar-refractivity contribution is 0.0925. The Morgan fingerprint density at radius 3 is 2.76 bits per heavy atom. The van der Waals surface area contributed by atoms with E-state index in [1.165, 1.54) is 0 Å². The van der Waals surface area contributed by atoms with Crippen molar-refractivity contribution in [1.82, 2.24) is 10.3 Å². The van der Waals surface area contributed by atoms with Crippen LogP contribution in [0.1, 0.15) is 37.6 Å². The number of rotatable bonds is 5. The fourth-order valence-electron chi connectivity index (χ4n) is 1.69. The van der Waals surface area contributed by atoms with Gasteiger partial charge in [0.2, 0.25) is 0 Å². The topological polar surface area (TPSA) is 80.0 Å². The van der Waals surface area contributed by atoms with Crippen LogP contribution in [0.3, 0.4) is 0 Å². The molecule has 4 N–H and O–H groups in total. The minimum absolute atomic E-state index is 0.147. The van der Waals surface area contributed by atoms with E-state index in [-0.39, 0.29) is 11.9 Å². The lowest BCUT2D eigenvalue weighted by atomic mass is 10.0. The standard InChI is InChI=1S/C12H20N4O/c1-4-10(8(2)3)15-12(17)9-6-5-7-14-11(9)16-13/h5-8,10H,4,13H2,1-3H3,(H,14,16)(H,15,17). The molecule has 0 bridgehead atoms. The molecule has 1 atom stereocenters. The van der Waals surface area contributed by atoms with Gasteiger partial charge in [0.1, 0.15) is 0 Å². The highest BCUT2D eigenvalue weighted by Crippen LogP contribution is 2.12. The third-order valence-electron chi connectivity index (χ3n) is 2.75.